The van der Waals surface area contributed by atoms with Crippen molar-refractivity contribution in [3.63, 3.8) is 0 Å². The van der Waals surface area contributed by atoms with Crippen LogP contribution in [0.4, 0.5) is 0 Å². The van der Waals surface area contributed by atoms with Crippen molar-refractivity contribution in [2.24, 2.45) is 5.73 Å². The zero-order valence-corrected chi connectivity index (χ0v) is 6.46. The van der Waals surface area contributed by atoms with Gasteiger partial charge in [0, 0.05) is 12.8 Å². The number of primary amides is 1. The second-order valence-corrected chi connectivity index (χ2v) is 1.71. The summed E-state index contributed by atoms with van der Waals surface area (Å²) in [5.74, 6) is -1.34. The molecule has 0 aromatic carbocycles. The number of hydrogen-bond acceptors (Lipinski definition) is 2. The summed E-state index contributed by atoms with van der Waals surface area (Å²) in [4.78, 5) is 19.8. The SMILES string of the molecule is NC(=O)CCCC(=O)O.S. The van der Waals surface area contributed by atoms with Crippen LogP contribution < -0.4 is 5.73 Å². The lowest BCUT2D eigenvalue weighted by Crippen LogP contribution is -2.10. The number of carboxylic acids is 1. The largest absolute Gasteiger partial charge is 0.481 e. The molecular formula is C5H11NO3S. The lowest BCUT2D eigenvalue weighted by Gasteiger charge is -1.89. The van der Waals surface area contributed by atoms with Crippen LogP contribution in [0.15, 0.2) is 0 Å². The highest BCUT2D eigenvalue weighted by atomic mass is 32.1. The topological polar surface area (TPSA) is 80.4 Å². The molecule has 10 heavy (non-hydrogen) atoms. The van der Waals surface area contributed by atoms with Crippen LogP contribution in [0.5, 0.6) is 0 Å². The molecule has 0 bridgehead atoms. The molecule has 0 aromatic rings. The molecule has 60 valence electrons. The van der Waals surface area contributed by atoms with Crippen LogP contribution in [0.1, 0.15) is 19.3 Å². The van der Waals surface area contributed by atoms with Crippen LogP contribution in [0.25, 0.3) is 0 Å². The molecule has 5 heteroatoms. The van der Waals surface area contributed by atoms with E-state index in [1.165, 1.54) is 0 Å². The number of rotatable bonds is 4. The van der Waals surface area contributed by atoms with E-state index in [2.05, 4.69) is 0 Å². The lowest BCUT2D eigenvalue weighted by molar-refractivity contribution is -0.137. The van der Waals surface area contributed by atoms with Gasteiger partial charge in [-0.15, -0.1) is 0 Å². The molecule has 1 amide bonds. The Balaban J connectivity index is 0. The molecule has 0 rings (SSSR count). The Morgan fingerprint density at radius 1 is 1.30 bits per heavy atom. The Morgan fingerprint density at radius 2 is 1.80 bits per heavy atom. The predicted octanol–water partition coefficient (Wildman–Crippen LogP) is -0.161. The van der Waals surface area contributed by atoms with E-state index in [0.29, 0.717) is 6.42 Å². The summed E-state index contributed by atoms with van der Waals surface area (Å²) in [5.41, 5.74) is 4.75. The Morgan fingerprint density at radius 3 is 2.10 bits per heavy atom. The van der Waals surface area contributed by atoms with Crippen LogP contribution >= 0.6 is 13.5 Å². The van der Waals surface area contributed by atoms with E-state index < -0.39 is 11.9 Å². The van der Waals surface area contributed by atoms with E-state index in [9.17, 15) is 9.59 Å². The normalized spacial score (nSPS) is 8.00. The van der Waals surface area contributed by atoms with Gasteiger partial charge in [0.05, 0.1) is 0 Å². The number of carbonyl (C=O) groups excluding carboxylic acids is 1. The molecule has 0 aliphatic carbocycles. The standard InChI is InChI=1S/C5H9NO3.H2S/c6-4(7)2-1-3-5(8)9;/h1-3H2,(H2,6,7)(H,8,9);1H2. The second kappa shape index (κ2) is 6.41. The van der Waals surface area contributed by atoms with Crippen LogP contribution in [0.3, 0.4) is 0 Å². The average Bonchev–Trinajstić information content (AvgIpc) is 1.63. The summed E-state index contributed by atoms with van der Waals surface area (Å²) in [6.07, 6.45) is 0.514. The molecule has 0 radical (unpaired) electrons. The summed E-state index contributed by atoms with van der Waals surface area (Å²) >= 11 is 0. The average molecular weight is 165 g/mol. The second-order valence-electron chi connectivity index (χ2n) is 1.71. The molecule has 3 N–H and O–H groups in total. The molecule has 0 heterocycles. The molecule has 4 nitrogen and oxygen atoms in total. The summed E-state index contributed by atoms with van der Waals surface area (Å²) in [6, 6.07) is 0. The zero-order chi connectivity index (χ0) is 7.28. The van der Waals surface area contributed by atoms with Crippen LogP contribution in [0.2, 0.25) is 0 Å². The number of amides is 1. The summed E-state index contributed by atoms with van der Waals surface area (Å²) in [6.45, 7) is 0. The Hall–Kier alpha value is -0.710. The van der Waals surface area contributed by atoms with Crippen molar-refractivity contribution in [1.82, 2.24) is 0 Å². The molecule has 0 atom stereocenters. The first-order valence-electron chi connectivity index (χ1n) is 2.63. The van der Waals surface area contributed by atoms with Crippen molar-refractivity contribution in [2.45, 2.75) is 19.3 Å². The third-order valence-corrected chi connectivity index (χ3v) is 0.814. The van der Waals surface area contributed by atoms with E-state index in [1.54, 1.807) is 0 Å². The number of carbonyl (C=O) groups is 2. The van der Waals surface area contributed by atoms with Gasteiger partial charge < -0.3 is 10.8 Å². The maximum absolute atomic E-state index is 10.0. The van der Waals surface area contributed by atoms with Crippen molar-refractivity contribution in [3.05, 3.63) is 0 Å². The minimum absolute atomic E-state index is 0. The molecule has 0 aromatic heterocycles. The van der Waals surface area contributed by atoms with Gasteiger partial charge in [0.25, 0.3) is 0 Å². The van der Waals surface area contributed by atoms with Crippen molar-refractivity contribution in [2.75, 3.05) is 0 Å². The van der Waals surface area contributed by atoms with Crippen molar-refractivity contribution >= 4 is 25.4 Å². The number of nitrogens with two attached hydrogens (primary N) is 1. The van der Waals surface area contributed by atoms with Crippen molar-refractivity contribution in [3.8, 4) is 0 Å². The molecule has 0 saturated carbocycles. The van der Waals surface area contributed by atoms with Gasteiger partial charge in [-0.05, 0) is 6.42 Å². The summed E-state index contributed by atoms with van der Waals surface area (Å²) < 4.78 is 0. The molecule has 0 aliphatic heterocycles. The lowest BCUT2D eigenvalue weighted by atomic mass is 10.2. The third kappa shape index (κ3) is 10.3. The minimum Gasteiger partial charge on any atom is -0.481 e. The Kier molecular flexibility index (Phi) is 7.70. The highest BCUT2D eigenvalue weighted by Crippen LogP contribution is 1.92. The van der Waals surface area contributed by atoms with Crippen LogP contribution in [-0.2, 0) is 9.59 Å². The van der Waals surface area contributed by atoms with Gasteiger partial charge in [-0.25, -0.2) is 0 Å². The number of carboxylic acid groups (broad SMARTS) is 1. The Labute approximate surface area is 65.8 Å². The predicted molar refractivity (Wildman–Crippen MR) is 41.1 cm³/mol. The molecule has 0 fully saturated rings. The van der Waals surface area contributed by atoms with Gasteiger partial charge in [-0.1, -0.05) is 0 Å². The number of aliphatic carboxylic acids is 1. The quantitative estimate of drug-likeness (QED) is 0.607. The van der Waals surface area contributed by atoms with E-state index in [-0.39, 0.29) is 26.3 Å². The first kappa shape index (κ1) is 12.0. The number of hydrogen-bond donors (Lipinski definition) is 2. The van der Waals surface area contributed by atoms with Crippen molar-refractivity contribution < 1.29 is 14.7 Å². The first-order chi connectivity index (χ1) is 4.13. The molecule has 0 unspecified atom stereocenters. The monoisotopic (exact) mass is 165 g/mol. The summed E-state index contributed by atoms with van der Waals surface area (Å²) in [5, 5.41) is 8.07. The smallest absolute Gasteiger partial charge is 0.303 e. The highest BCUT2D eigenvalue weighted by Gasteiger charge is 1.98. The van der Waals surface area contributed by atoms with Crippen LogP contribution in [0, 0.1) is 0 Å². The molecular weight excluding hydrogens is 154 g/mol. The fourth-order valence-electron chi connectivity index (χ4n) is 0.414. The fourth-order valence-corrected chi connectivity index (χ4v) is 0.414. The fraction of sp³-hybridized carbons (Fsp3) is 0.600. The Bertz CT molecular complexity index is 112. The molecule has 0 saturated heterocycles. The highest BCUT2D eigenvalue weighted by molar-refractivity contribution is 7.59. The van der Waals surface area contributed by atoms with Gasteiger partial charge in [0.1, 0.15) is 0 Å². The summed E-state index contributed by atoms with van der Waals surface area (Å²) in [7, 11) is 0. The van der Waals surface area contributed by atoms with Crippen molar-refractivity contribution in [1.29, 1.82) is 0 Å². The molecule has 0 spiro atoms. The first-order valence-corrected chi connectivity index (χ1v) is 2.63. The van der Waals surface area contributed by atoms with E-state index >= 15 is 0 Å². The van der Waals surface area contributed by atoms with Crippen LogP contribution in [-0.4, -0.2) is 17.0 Å². The third-order valence-electron chi connectivity index (χ3n) is 0.814. The van der Waals surface area contributed by atoms with E-state index in [1.807, 2.05) is 0 Å². The van der Waals surface area contributed by atoms with Gasteiger partial charge in [-0.2, -0.15) is 13.5 Å². The van der Waals surface area contributed by atoms with Gasteiger partial charge in [0.2, 0.25) is 5.91 Å². The van der Waals surface area contributed by atoms with E-state index in [4.69, 9.17) is 10.8 Å². The van der Waals surface area contributed by atoms with E-state index in [0.717, 1.165) is 0 Å². The van der Waals surface area contributed by atoms with Gasteiger partial charge >= 0.3 is 5.97 Å². The zero-order valence-electron chi connectivity index (χ0n) is 5.46. The minimum atomic E-state index is -0.892. The maximum atomic E-state index is 10.0. The maximum Gasteiger partial charge on any atom is 0.303 e. The van der Waals surface area contributed by atoms with Gasteiger partial charge in [0.15, 0.2) is 0 Å². The molecule has 0 aliphatic rings. The van der Waals surface area contributed by atoms with Gasteiger partial charge in [-0.3, -0.25) is 9.59 Å².